The van der Waals surface area contributed by atoms with E-state index in [4.69, 9.17) is 5.26 Å². The summed E-state index contributed by atoms with van der Waals surface area (Å²) in [5.74, 6) is 8.02. The van der Waals surface area contributed by atoms with Crippen molar-refractivity contribution in [1.82, 2.24) is 0 Å². The Morgan fingerprint density at radius 2 is 1.79 bits per heavy atom. The Bertz CT molecular complexity index is 431. The summed E-state index contributed by atoms with van der Waals surface area (Å²) in [7, 11) is 0. The number of nitrogens with zero attached hydrogens (tertiary/aromatic N) is 1. The summed E-state index contributed by atoms with van der Waals surface area (Å²) >= 11 is 0. The average molecular weight is 255 g/mol. The summed E-state index contributed by atoms with van der Waals surface area (Å²) in [5.41, 5.74) is 0. The number of rotatable bonds is 4. The molecule has 0 saturated heterocycles. The van der Waals surface area contributed by atoms with Crippen molar-refractivity contribution in [2.24, 2.45) is 47.3 Å². The first-order valence-corrected chi connectivity index (χ1v) is 8.36. The Kier molecular flexibility index (Phi) is 2.76. The maximum atomic E-state index is 8.65. The largest absolute Gasteiger partial charge is 0.198 e. The molecule has 3 saturated carbocycles. The van der Waals surface area contributed by atoms with E-state index in [0.29, 0.717) is 0 Å². The molecular weight excluding hydrogens is 230 g/mol. The van der Waals surface area contributed by atoms with Crippen LogP contribution in [-0.4, -0.2) is 0 Å². The van der Waals surface area contributed by atoms with Crippen LogP contribution in [0.3, 0.4) is 0 Å². The van der Waals surface area contributed by atoms with Crippen molar-refractivity contribution in [3.63, 3.8) is 0 Å². The normalized spacial score (nSPS) is 52.6. The smallest absolute Gasteiger partial charge is 0.0621 e. The molecule has 0 amide bonds. The van der Waals surface area contributed by atoms with Crippen LogP contribution in [-0.2, 0) is 0 Å². The van der Waals surface area contributed by atoms with Gasteiger partial charge in [-0.1, -0.05) is 25.5 Å². The van der Waals surface area contributed by atoms with E-state index in [2.05, 4.69) is 25.1 Å². The van der Waals surface area contributed by atoms with Crippen molar-refractivity contribution in [3.05, 3.63) is 12.2 Å². The van der Waals surface area contributed by atoms with E-state index in [-0.39, 0.29) is 0 Å². The molecule has 4 rings (SSSR count). The summed E-state index contributed by atoms with van der Waals surface area (Å²) in [6, 6.07) is 2.29. The molecule has 4 aliphatic carbocycles. The molecule has 0 N–H and O–H groups in total. The summed E-state index contributed by atoms with van der Waals surface area (Å²) in [5, 5.41) is 8.65. The van der Waals surface area contributed by atoms with Gasteiger partial charge in [0.15, 0.2) is 0 Å². The van der Waals surface area contributed by atoms with Crippen molar-refractivity contribution >= 4 is 0 Å². The lowest BCUT2D eigenvalue weighted by molar-refractivity contribution is 0.0907. The maximum absolute atomic E-state index is 8.65. The molecule has 8 unspecified atom stereocenters. The second-order valence-corrected chi connectivity index (χ2v) is 7.59. The highest BCUT2D eigenvalue weighted by Gasteiger charge is 2.62. The van der Waals surface area contributed by atoms with Crippen molar-refractivity contribution in [3.8, 4) is 6.07 Å². The molecule has 0 radical (unpaired) electrons. The fourth-order valence-electron chi connectivity index (χ4n) is 6.53. The van der Waals surface area contributed by atoms with Crippen LogP contribution in [0.4, 0.5) is 0 Å². The lowest BCUT2D eigenvalue weighted by Crippen LogP contribution is -2.35. The van der Waals surface area contributed by atoms with E-state index < -0.39 is 0 Å². The van der Waals surface area contributed by atoms with Gasteiger partial charge in [0.05, 0.1) is 6.07 Å². The zero-order valence-corrected chi connectivity index (χ0v) is 12.0. The number of unbranched alkanes of at least 4 members (excludes halogenated alkanes) is 2. The molecule has 0 aromatic rings. The van der Waals surface area contributed by atoms with Crippen LogP contribution in [0.1, 0.15) is 45.4 Å². The standard InChI is InChI=1S/C18H25N/c1-11-14(5-3-2-4-8-19)16-10-15(11)17-12-6-7-13(9-12)18(16)17/h6-7,11-18H,2-5,9-10H2,1H3. The van der Waals surface area contributed by atoms with E-state index in [1.807, 2.05) is 0 Å². The Morgan fingerprint density at radius 3 is 2.53 bits per heavy atom. The Hall–Kier alpha value is -0.770. The van der Waals surface area contributed by atoms with Gasteiger partial charge < -0.3 is 0 Å². The molecule has 0 aliphatic heterocycles. The summed E-state index contributed by atoms with van der Waals surface area (Å²) in [6.07, 6.45) is 12.7. The first-order chi connectivity index (χ1) is 9.31. The van der Waals surface area contributed by atoms with Crippen LogP contribution in [0.2, 0.25) is 0 Å². The van der Waals surface area contributed by atoms with Crippen molar-refractivity contribution in [1.29, 1.82) is 5.26 Å². The van der Waals surface area contributed by atoms with Crippen LogP contribution >= 0.6 is 0 Å². The van der Waals surface area contributed by atoms with Crippen LogP contribution < -0.4 is 0 Å². The molecule has 4 aliphatic rings. The molecule has 0 heterocycles. The predicted octanol–water partition coefficient (Wildman–Crippen LogP) is 4.41. The van der Waals surface area contributed by atoms with E-state index in [9.17, 15) is 0 Å². The molecule has 19 heavy (non-hydrogen) atoms. The molecule has 102 valence electrons. The van der Waals surface area contributed by atoms with Gasteiger partial charge in [0.1, 0.15) is 0 Å². The summed E-state index contributed by atoms with van der Waals surface area (Å²) in [6.45, 7) is 2.53. The molecule has 0 aromatic carbocycles. The van der Waals surface area contributed by atoms with Gasteiger partial charge >= 0.3 is 0 Å². The van der Waals surface area contributed by atoms with E-state index >= 15 is 0 Å². The predicted molar refractivity (Wildman–Crippen MR) is 76.0 cm³/mol. The van der Waals surface area contributed by atoms with Crippen LogP contribution in [0, 0.1) is 58.7 Å². The molecule has 3 fully saturated rings. The summed E-state index contributed by atoms with van der Waals surface area (Å²) < 4.78 is 0. The third kappa shape index (κ3) is 1.58. The van der Waals surface area contributed by atoms with E-state index in [1.54, 1.807) is 0 Å². The van der Waals surface area contributed by atoms with Crippen molar-refractivity contribution in [2.45, 2.75) is 45.4 Å². The number of nitriles is 1. The lowest BCUT2D eigenvalue weighted by atomic mass is 9.64. The Morgan fingerprint density at radius 1 is 1.05 bits per heavy atom. The SMILES string of the molecule is CC1C(CCCCC#N)C2CC1C1C3C=CC(C3)C21. The quantitative estimate of drug-likeness (QED) is 0.414. The van der Waals surface area contributed by atoms with Gasteiger partial charge in [-0.3, -0.25) is 0 Å². The number of allylic oxidation sites excluding steroid dienone is 2. The fraction of sp³-hybridized carbons (Fsp3) is 0.833. The molecule has 1 heteroatoms. The third-order valence-electron chi connectivity index (χ3n) is 7.09. The van der Waals surface area contributed by atoms with Gasteiger partial charge in [-0.25, -0.2) is 0 Å². The third-order valence-corrected chi connectivity index (χ3v) is 7.09. The number of hydrogen-bond donors (Lipinski definition) is 0. The average Bonchev–Trinajstić information content (AvgIpc) is 3.13. The lowest BCUT2D eigenvalue weighted by Gasteiger charge is -2.40. The highest BCUT2D eigenvalue weighted by atomic mass is 14.7. The second-order valence-electron chi connectivity index (χ2n) is 7.59. The van der Waals surface area contributed by atoms with Gasteiger partial charge in [0.25, 0.3) is 0 Å². The first-order valence-electron chi connectivity index (χ1n) is 8.36. The molecule has 0 spiro atoms. The minimum absolute atomic E-state index is 0.759. The van der Waals surface area contributed by atoms with E-state index in [1.165, 1.54) is 25.7 Å². The van der Waals surface area contributed by atoms with Gasteiger partial charge in [0, 0.05) is 6.42 Å². The molecular formula is C18H25N. The van der Waals surface area contributed by atoms with Crippen molar-refractivity contribution in [2.75, 3.05) is 0 Å². The van der Waals surface area contributed by atoms with Gasteiger partial charge in [0.2, 0.25) is 0 Å². The monoisotopic (exact) mass is 255 g/mol. The minimum Gasteiger partial charge on any atom is -0.198 e. The molecule has 8 atom stereocenters. The maximum Gasteiger partial charge on any atom is 0.0621 e. The zero-order valence-electron chi connectivity index (χ0n) is 12.0. The van der Waals surface area contributed by atoms with Gasteiger partial charge in [-0.2, -0.15) is 5.26 Å². The molecule has 1 nitrogen and oxygen atoms in total. The number of hydrogen-bond acceptors (Lipinski definition) is 1. The van der Waals surface area contributed by atoms with Crippen LogP contribution in [0.25, 0.3) is 0 Å². The zero-order chi connectivity index (χ0) is 13.0. The number of fused-ring (bicyclic) bond motifs is 9. The van der Waals surface area contributed by atoms with Crippen molar-refractivity contribution < 1.29 is 0 Å². The Labute approximate surface area is 117 Å². The van der Waals surface area contributed by atoms with E-state index in [0.717, 1.165) is 60.2 Å². The summed E-state index contributed by atoms with van der Waals surface area (Å²) in [4.78, 5) is 0. The van der Waals surface area contributed by atoms with Crippen LogP contribution in [0.5, 0.6) is 0 Å². The molecule has 0 aromatic heterocycles. The topological polar surface area (TPSA) is 23.8 Å². The van der Waals surface area contributed by atoms with Crippen LogP contribution in [0.15, 0.2) is 12.2 Å². The first kappa shape index (κ1) is 12.0. The fourth-order valence-corrected chi connectivity index (χ4v) is 6.53. The molecule has 4 bridgehead atoms. The highest BCUT2D eigenvalue weighted by Crippen LogP contribution is 2.69. The van der Waals surface area contributed by atoms with Gasteiger partial charge in [-0.05, 0) is 73.0 Å². The second kappa shape index (κ2) is 4.37. The van der Waals surface area contributed by atoms with Gasteiger partial charge in [-0.15, -0.1) is 0 Å². The minimum atomic E-state index is 0.759. The highest BCUT2D eigenvalue weighted by molar-refractivity contribution is 5.21. The Balaban J connectivity index is 1.46.